The van der Waals surface area contributed by atoms with Gasteiger partial charge in [0.05, 0.1) is 0 Å². The van der Waals surface area contributed by atoms with Crippen LogP contribution in [0.1, 0.15) is 44.4 Å². The minimum Gasteiger partial charge on any atom is -0.479 e. The Morgan fingerprint density at radius 2 is 1.85 bits per heavy atom. The van der Waals surface area contributed by atoms with E-state index < -0.39 is 11.5 Å². The van der Waals surface area contributed by atoms with Crippen LogP contribution >= 0.6 is 0 Å². The molecule has 1 aromatic carbocycles. The SMILES string of the molecule is CN(C(=O)CCc1nnc(-c2ccccc2)o1)C1(C(=O)O)CCCCC1. The second-order valence-corrected chi connectivity index (χ2v) is 6.72. The van der Waals surface area contributed by atoms with Crippen molar-refractivity contribution in [3.63, 3.8) is 0 Å². The van der Waals surface area contributed by atoms with Gasteiger partial charge in [0.25, 0.3) is 0 Å². The van der Waals surface area contributed by atoms with E-state index in [1.165, 1.54) is 4.90 Å². The van der Waals surface area contributed by atoms with E-state index in [1.54, 1.807) is 7.05 Å². The Bertz CT molecular complexity index is 766. The first-order valence-corrected chi connectivity index (χ1v) is 8.91. The highest BCUT2D eigenvalue weighted by molar-refractivity contribution is 5.87. The number of carboxylic acid groups (broad SMARTS) is 1. The van der Waals surface area contributed by atoms with Crippen molar-refractivity contribution in [3.8, 4) is 11.5 Å². The molecule has 1 fully saturated rings. The van der Waals surface area contributed by atoms with Crippen molar-refractivity contribution < 1.29 is 19.1 Å². The van der Waals surface area contributed by atoms with Crippen LogP contribution in [0.4, 0.5) is 0 Å². The van der Waals surface area contributed by atoms with Crippen molar-refractivity contribution in [2.24, 2.45) is 0 Å². The molecule has 1 N–H and O–H groups in total. The maximum absolute atomic E-state index is 12.6. The molecule has 1 aromatic heterocycles. The molecule has 0 atom stereocenters. The monoisotopic (exact) mass is 357 g/mol. The summed E-state index contributed by atoms with van der Waals surface area (Å²) in [7, 11) is 1.59. The largest absolute Gasteiger partial charge is 0.479 e. The van der Waals surface area contributed by atoms with Crippen molar-refractivity contribution in [1.29, 1.82) is 0 Å². The molecule has 1 aliphatic rings. The van der Waals surface area contributed by atoms with E-state index in [0.717, 1.165) is 24.8 Å². The molecule has 138 valence electrons. The van der Waals surface area contributed by atoms with Gasteiger partial charge in [-0.2, -0.15) is 0 Å². The van der Waals surface area contributed by atoms with Crippen LogP contribution in [0, 0.1) is 0 Å². The van der Waals surface area contributed by atoms with Crippen LogP contribution in [-0.4, -0.2) is 44.7 Å². The third kappa shape index (κ3) is 3.61. The molecule has 2 aromatic rings. The quantitative estimate of drug-likeness (QED) is 0.854. The van der Waals surface area contributed by atoms with Gasteiger partial charge in [0, 0.05) is 25.5 Å². The van der Waals surface area contributed by atoms with Crippen molar-refractivity contribution >= 4 is 11.9 Å². The highest BCUT2D eigenvalue weighted by Crippen LogP contribution is 2.33. The fraction of sp³-hybridized carbons (Fsp3) is 0.474. The van der Waals surface area contributed by atoms with Crippen molar-refractivity contribution in [3.05, 3.63) is 36.2 Å². The number of hydrogen-bond acceptors (Lipinski definition) is 5. The van der Waals surface area contributed by atoms with E-state index in [-0.39, 0.29) is 12.3 Å². The van der Waals surface area contributed by atoms with Gasteiger partial charge in [-0.15, -0.1) is 10.2 Å². The van der Waals surface area contributed by atoms with Crippen molar-refractivity contribution in [1.82, 2.24) is 15.1 Å². The molecule has 1 saturated carbocycles. The molecule has 0 bridgehead atoms. The molecule has 1 aliphatic carbocycles. The Balaban J connectivity index is 1.63. The number of nitrogens with zero attached hydrogens (tertiary/aromatic N) is 3. The summed E-state index contributed by atoms with van der Waals surface area (Å²) in [6.07, 6.45) is 4.11. The van der Waals surface area contributed by atoms with Gasteiger partial charge in [-0.25, -0.2) is 4.79 Å². The molecule has 3 rings (SSSR count). The summed E-state index contributed by atoms with van der Waals surface area (Å²) in [5.41, 5.74) is -0.263. The Morgan fingerprint density at radius 3 is 2.50 bits per heavy atom. The lowest BCUT2D eigenvalue weighted by atomic mass is 9.80. The molecule has 0 spiro atoms. The van der Waals surface area contributed by atoms with Gasteiger partial charge in [0.1, 0.15) is 5.54 Å². The number of carboxylic acids is 1. The molecule has 0 aliphatic heterocycles. The molecular formula is C19H23N3O4. The fourth-order valence-corrected chi connectivity index (χ4v) is 3.50. The average molecular weight is 357 g/mol. The lowest BCUT2D eigenvalue weighted by molar-refractivity contribution is -0.160. The van der Waals surface area contributed by atoms with Gasteiger partial charge in [-0.3, -0.25) is 4.79 Å². The first-order chi connectivity index (χ1) is 12.5. The predicted molar refractivity (Wildman–Crippen MR) is 94.3 cm³/mol. The zero-order chi connectivity index (χ0) is 18.6. The van der Waals surface area contributed by atoms with Gasteiger partial charge in [-0.05, 0) is 25.0 Å². The number of benzene rings is 1. The number of amides is 1. The van der Waals surface area contributed by atoms with Crippen LogP contribution in [-0.2, 0) is 16.0 Å². The molecule has 0 saturated heterocycles. The Kier molecular flexibility index (Phi) is 5.35. The molecule has 0 radical (unpaired) electrons. The maximum atomic E-state index is 12.6. The molecule has 1 heterocycles. The maximum Gasteiger partial charge on any atom is 0.329 e. The highest BCUT2D eigenvalue weighted by atomic mass is 16.4. The van der Waals surface area contributed by atoms with Crippen LogP contribution in [0.25, 0.3) is 11.5 Å². The number of likely N-dealkylation sites (N-methyl/N-ethyl adjacent to an activating group) is 1. The zero-order valence-electron chi connectivity index (χ0n) is 14.9. The zero-order valence-corrected chi connectivity index (χ0v) is 14.9. The van der Waals surface area contributed by atoms with Crippen LogP contribution in [0.15, 0.2) is 34.7 Å². The van der Waals surface area contributed by atoms with Gasteiger partial charge >= 0.3 is 5.97 Å². The summed E-state index contributed by atoms with van der Waals surface area (Å²) < 4.78 is 5.61. The molecular weight excluding hydrogens is 334 g/mol. The number of hydrogen-bond donors (Lipinski definition) is 1. The summed E-state index contributed by atoms with van der Waals surface area (Å²) >= 11 is 0. The number of aliphatic carboxylic acids is 1. The lowest BCUT2D eigenvalue weighted by Gasteiger charge is -2.41. The number of rotatable bonds is 6. The van der Waals surface area contributed by atoms with E-state index in [4.69, 9.17) is 4.42 Å². The van der Waals surface area contributed by atoms with Crippen molar-refractivity contribution in [2.45, 2.75) is 50.5 Å². The minimum absolute atomic E-state index is 0.141. The highest BCUT2D eigenvalue weighted by Gasteiger charge is 2.45. The van der Waals surface area contributed by atoms with Crippen LogP contribution in [0.2, 0.25) is 0 Å². The van der Waals surface area contributed by atoms with E-state index >= 15 is 0 Å². The second-order valence-electron chi connectivity index (χ2n) is 6.72. The third-order valence-electron chi connectivity index (χ3n) is 5.14. The predicted octanol–water partition coefficient (Wildman–Crippen LogP) is 2.92. The van der Waals surface area contributed by atoms with Crippen LogP contribution in [0.5, 0.6) is 0 Å². The summed E-state index contributed by atoms with van der Waals surface area (Å²) in [6.45, 7) is 0. The van der Waals surface area contributed by atoms with Gasteiger partial charge in [0.2, 0.25) is 17.7 Å². The Hall–Kier alpha value is -2.70. The molecule has 26 heavy (non-hydrogen) atoms. The Labute approximate surface area is 152 Å². The summed E-state index contributed by atoms with van der Waals surface area (Å²) in [4.78, 5) is 25.8. The average Bonchev–Trinajstić information content (AvgIpc) is 3.15. The molecule has 0 unspecified atom stereocenters. The van der Waals surface area contributed by atoms with Gasteiger partial charge in [-0.1, -0.05) is 37.5 Å². The smallest absolute Gasteiger partial charge is 0.329 e. The first-order valence-electron chi connectivity index (χ1n) is 8.91. The second kappa shape index (κ2) is 7.68. The van der Waals surface area contributed by atoms with E-state index in [9.17, 15) is 14.7 Å². The van der Waals surface area contributed by atoms with E-state index in [0.29, 0.717) is 31.0 Å². The lowest BCUT2D eigenvalue weighted by Crippen LogP contribution is -2.56. The number of aryl methyl sites for hydroxylation is 1. The summed E-state index contributed by atoms with van der Waals surface area (Å²) in [6, 6.07) is 9.41. The number of aromatic nitrogens is 2. The molecule has 7 nitrogen and oxygen atoms in total. The third-order valence-corrected chi connectivity index (χ3v) is 5.14. The van der Waals surface area contributed by atoms with E-state index in [1.807, 2.05) is 30.3 Å². The first kappa shape index (κ1) is 18.1. The van der Waals surface area contributed by atoms with Gasteiger partial charge in [0.15, 0.2) is 0 Å². The number of carbonyl (C=O) groups excluding carboxylic acids is 1. The topological polar surface area (TPSA) is 96.5 Å². The van der Waals surface area contributed by atoms with E-state index in [2.05, 4.69) is 10.2 Å². The Morgan fingerprint density at radius 1 is 1.15 bits per heavy atom. The van der Waals surface area contributed by atoms with Crippen LogP contribution < -0.4 is 0 Å². The van der Waals surface area contributed by atoms with Gasteiger partial charge < -0.3 is 14.4 Å². The molecule has 1 amide bonds. The van der Waals surface area contributed by atoms with Crippen molar-refractivity contribution in [2.75, 3.05) is 7.05 Å². The molecule has 7 heteroatoms. The minimum atomic E-state index is -1.08. The van der Waals surface area contributed by atoms with Crippen LogP contribution in [0.3, 0.4) is 0 Å². The fourth-order valence-electron chi connectivity index (χ4n) is 3.50. The normalized spacial score (nSPS) is 16.2. The number of carbonyl (C=O) groups is 2. The summed E-state index contributed by atoms with van der Waals surface area (Å²) in [5.74, 6) is -0.347. The summed E-state index contributed by atoms with van der Waals surface area (Å²) in [5, 5.41) is 17.7. The standard InChI is InChI=1S/C19H23N3O4/c1-22(19(18(24)25)12-6-3-7-13-19)16(23)11-10-15-20-21-17(26-15)14-8-4-2-5-9-14/h2,4-5,8-9H,3,6-7,10-13H2,1H3,(H,24,25).